The SMILES string of the molecule is Cc1cc(Cl)c(Oc2cccc(S(=O)(=O)CC3CCC3)c2O)c(-n2ncc(=O)[nH]c2=O)c1. The molecule has 11 heteroatoms. The fourth-order valence-electron chi connectivity index (χ4n) is 3.50. The number of rotatable bonds is 6. The highest BCUT2D eigenvalue weighted by Gasteiger charge is 2.29. The van der Waals surface area contributed by atoms with E-state index in [9.17, 15) is 23.1 Å². The maximum absolute atomic E-state index is 12.8. The normalized spacial score (nSPS) is 14.2. The number of aryl methyl sites for hydroxylation is 1. The number of hydrogen-bond acceptors (Lipinski definition) is 7. The second-order valence-corrected chi connectivity index (χ2v) is 10.1. The Labute approximate surface area is 188 Å². The van der Waals surface area contributed by atoms with Crippen molar-refractivity contribution in [2.24, 2.45) is 5.92 Å². The van der Waals surface area contributed by atoms with Gasteiger partial charge in [0, 0.05) is 0 Å². The Kier molecular flexibility index (Phi) is 5.83. The van der Waals surface area contributed by atoms with Gasteiger partial charge in [0.05, 0.1) is 10.8 Å². The number of aromatic nitrogens is 3. The van der Waals surface area contributed by atoms with Gasteiger partial charge in [-0.3, -0.25) is 9.78 Å². The largest absolute Gasteiger partial charge is 0.503 e. The van der Waals surface area contributed by atoms with E-state index < -0.39 is 26.8 Å². The highest BCUT2D eigenvalue weighted by molar-refractivity contribution is 7.91. The van der Waals surface area contributed by atoms with Crippen LogP contribution in [0.1, 0.15) is 24.8 Å². The lowest BCUT2D eigenvalue weighted by molar-refractivity contribution is 0.346. The average molecular weight is 478 g/mol. The zero-order valence-corrected chi connectivity index (χ0v) is 18.6. The lowest BCUT2D eigenvalue weighted by Crippen LogP contribution is -2.30. The molecule has 0 saturated heterocycles. The lowest BCUT2D eigenvalue weighted by Gasteiger charge is -2.25. The molecular formula is C21H20ClN3O6S. The first-order valence-electron chi connectivity index (χ1n) is 9.87. The monoisotopic (exact) mass is 477 g/mol. The molecule has 32 heavy (non-hydrogen) atoms. The first kappa shape index (κ1) is 22.1. The maximum atomic E-state index is 12.8. The molecule has 0 bridgehead atoms. The minimum absolute atomic E-state index is 0.0391. The van der Waals surface area contributed by atoms with Gasteiger partial charge in [-0.15, -0.1) is 0 Å². The molecule has 1 fully saturated rings. The second-order valence-electron chi connectivity index (χ2n) is 7.73. The second kappa shape index (κ2) is 8.44. The van der Waals surface area contributed by atoms with Gasteiger partial charge in [0.25, 0.3) is 5.56 Å². The Balaban J connectivity index is 1.78. The summed E-state index contributed by atoms with van der Waals surface area (Å²) in [5.41, 5.74) is -0.698. The van der Waals surface area contributed by atoms with Crippen molar-refractivity contribution in [2.45, 2.75) is 31.1 Å². The zero-order valence-electron chi connectivity index (χ0n) is 17.0. The number of ether oxygens (including phenoxy) is 1. The minimum Gasteiger partial charge on any atom is -0.503 e. The first-order valence-corrected chi connectivity index (χ1v) is 11.9. The van der Waals surface area contributed by atoms with Gasteiger partial charge in [-0.05, 0) is 55.5 Å². The van der Waals surface area contributed by atoms with E-state index in [1.165, 1.54) is 18.2 Å². The molecule has 3 aromatic rings. The number of halogens is 1. The van der Waals surface area contributed by atoms with Gasteiger partial charge in [-0.25, -0.2) is 13.2 Å². The number of nitrogens with zero attached hydrogens (tertiary/aromatic N) is 2. The number of aromatic hydroxyl groups is 1. The number of phenols is 1. The molecular weight excluding hydrogens is 458 g/mol. The fraction of sp³-hybridized carbons (Fsp3) is 0.286. The number of sulfone groups is 1. The molecule has 4 rings (SSSR count). The van der Waals surface area contributed by atoms with Crippen molar-refractivity contribution in [1.82, 2.24) is 14.8 Å². The Bertz CT molecular complexity index is 1410. The van der Waals surface area contributed by atoms with E-state index in [-0.39, 0.29) is 38.8 Å². The van der Waals surface area contributed by atoms with E-state index in [1.807, 2.05) is 0 Å². The molecule has 2 N–H and O–H groups in total. The van der Waals surface area contributed by atoms with Crippen molar-refractivity contribution in [1.29, 1.82) is 0 Å². The van der Waals surface area contributed by atoms with E-state index in [4.69, 9.17) is 16.3 Å². The number of para-hydroxylation sites is 1. The van der Waals surface area contributed by atoms with Crippen LogP contribution in [0.25, 0.3) is 5.69 Å². The van der Waals surface area contributed by atoms with Crippen molar-refractivity contribution in [3.63, 3.8) is 0 Å². The Morgan fingerprint density at radius 1 is 1.28 bits per heavy atom. The van der Waals surface area contributed by atoms with E-state index in [1.54, 1.807) is 19.1 Å². The summed E-state index contributed by atoms with van der Waals surface area (Å²) in [5, 5.41) is 14.6. The van der Waals surface area contributed by atoms with Gasteiger partial charge in [0.15, 0.2) is 27.1 Å². The molecule has 0 aliphatic heterocycles. The third-order valence-corrected chi connectivity index (χ3v) is 7.49. The maximum Gasteiger partial charge on any atom is 0.349 e. The summed E-state index contributed by atoms with van der Waals surface area (Å²) in [6, 6.07) is 7.30. The molecule has 0 amide bonds. The molecule has 1 saturated carbocycles. The van der Waals surface area contributed by atoms with Crippen LogP contribution >= 0.6 is 11.6 Å². The summed E-state index contributed by atoms with van der Waals surface area (Å²) >= 11 is 6.36. The smallest absolute Gasteiger partial charge is 0.349 e. The van der Waals surface area contributed by atoms with Crippen LogP contribution in [0, 0.1) is 12.8 Å². The lowest BCUT2D eigenvalue weighted by atomic mass is 9.87. The zero-order chi connectivity index (χ0) is 23.0. The van der Waals surface area contributed by atoms with Gasteiger partial charge < -0.3 is 9.84 Å². The molecule has 0 radical (unpaired) electrons. The fourth-order valence-corrected chi connectivity index (χ4v) is 5.62. The average Bonchev–Trinajstić information content (AvgIpc) is 2.68. The molecule has 1 heterocycles. The van der Waals surface area contributed by atoms with Crippen molar-refractivity contribution < 1.29 is 18.3 Å². The highest BCUT2D eigenvalue weighted by Crippen LogP contribution is 2.42. The molecule has 0 unspecified atom stereocenters. The van der Waals surface area contributed by atoms with Gasteiger partial charge in [0.2, 0.25) is 0 Å². The van der Waals surface area contributed by atoms with Crippen LogP contribution < -0.4 is 16.0 Å². The molecule has 1 aromatic heterocycles. The number of benzene rings is 2. The first-order chi connectivity index (χ1) is 15.2. The van der Waals surface area contributed by atoms with Crippen LogP contribution in [0.5, 0.6) is 17.2 Å². The predicted octanol–water partition coefficient (Wildman–Crippen LogP) is 2.95. The van der Waals surface area contributed by atoms with E-state index in [2.05, 4.69) is 10.1 Å². The molecule has 1 aliphatic carbocycles. The van der Waals surface area contributed by atoms with Gasteiger partial charge in [-0.2, -0.15) is 9.78 Å². The third kappa shape index (κ3) is 4.28. The van der Waals surface area contributed by atoms with Gasteiger partial charge in [-0.1, -0.05) is 24.1 Å². The summed E-state index contributed by atoms with van der Waals surface area (Å²) in [4.78, 5) is 25.5. The summed E-state index contributed by atoms with van der Waals surface area (Å²) in [6.07, 6.45) is 3.62. The Hall–Kier alpha value is -3.11. The van der Waals surface area contributed by atoms with Crippen molar-refractivity contribution in [2.75, 3.05) is 5.75 Å². The highest BCUT2D eigenvalue weighted by atomic mass is 35.5. The number of H-pyrrole nitrogens is 1. The molecule has 9 nitrogen and oxygen atoms in total. The van der Waals surface area contributed by atoms with Crippen LogP contribution in [-0.2, 0) is 9.84 Å². The number of nitrogens with one attached hydrogen (secondary N) is 1. The number of phenolic OH excluding ortho intramolecular Hbond substituents is 1. The molecule has 2 aromatic carbocycles. The predicted molar refractivity (Wildman–Crippen MR) is 118 cm³/mol. The van der Waals surface area contributed by atoms with Crippen LogP contribution in [0.2, 0.25) is 5.02 Å². The van der Waals surface area contributed by atoms with E-state index >= 15 is 0 Å². The van der Waals surface area contributed by atoms with Crippen LogP contribution in [0.15, 0.2) is 51.0 Å². The molecule has 168 valence electrons. The van der Waals surface area contributed by atoms with Gasteiger partial charge in [0.1, 0.15) is 16.8 Å². The van der Waals surface area contributed by atoms with Crippen molar-refractivity contribution in [3.8, 4) is 22.9 Å². The van der Waals surface area contributed by atoms with Gasteiger partial charge >= 0.3 is 5.69 Å². The summed E-state index contributed by atoms with van der Waals surface area (Å²) < 4.78 is 32.3. The number of aromatic amines is 1. The summed E-state index contributed by atoms with van der Waals surface area (Å²) in [5.74, 6) is -0.694. The minimum atomic E-state index is -3.73. The van der Waals surface area contributed by atoms with Crippen LogP contribution in [-0.4, -0.2) is 34.0 Å². The van der Waals surface area contributed by atoms with E-state index in [0.29, 0.717) is 5.56 Å². The molecule has 0 atom stereocenters. The molecule has 1 aliphatic rings. The van der Waals surface area contributed by atoms with Crippen LogP contribution in [0.3, 0.4) is 0 Å². The summed E-state index contributed by atoms with van der Waals surface area (Å²) in [6.45, 7) is 1.74. The summed E-state index contributed by atoms with van der Waals surface area (Å²) in [7, 11) is -3.73. The quantitative estimate of drug-likeness (QED) is 0.557. The van der Waals surface area contributed by atoms with Crippen molar-refractivity contribution >= 4 is 21.4 Å². The van der Waals surface area contributed by atoms with Crippen LogP contribution in [0.4, 0.5) is 0 Å². The van der Waals surface area contributed by atoms with E-state index in [0.717, 1.165) is 30.1 Å². The van der Waals surface area contributed by atoms with Crippen molar-refractivity contribution in [3.05, 3.63) is 68.0 Å². The Morgan fingerprint density at radius 3 is 2.69 bits per heavy atom. The standard InChI is InChI=1S/C21H20ClN3O6S/c1-12-8-14(22)20(15(9-12)25-21(28)24-18(26)10-23-25)31-16-6-3-7-17(19(16)27)32(29,30)11-13-4-2-5-13/h3,6-10,13,27H,2,4-5,11H2,1H3,(H,24,26,28). The molecule has 0 spiro atoms. The third-order valence-electron chi connectivity index (χ3n) is 5.30. The topological polar surface area (TPSA) is 131 Å². The Morgan fingerprint density at radius 2 is 2.03 bits per heavy atom. The number of hydrogen-bond donors (Lipinski definition) is 2.